The maximum Gasteiger partial charge on any atom is 0.360 e. The van der Waals surface area contributed by atoms with Crippen molar-refractivity contribution in [1.29, 1.82) is 0 Å². The van der Waals surface area contributed by atoms with Crippen molar-refractivity contribution in [3.8, 4) is 5.69 Å². The highest BCUT2D eigenvalue weighted by atomic mass is 35.5. The van der Waals surface area contributed by atoms with Crippen molar-refractivity contribution in [2.24, 2.45) is 0 Å². The Morgan fingerprint density at radius 2 is 2.24 bits per heavy atom. The number of halogens is 1. The third-order valence-electron chi connectivity index (χ3n) is 2.33. The van der Waals surface area contributed by atoms with E-state index in [1.165, 1.54) is 11.8 Å². The zero-order chi connectivity index (χ0) is 12.4. The van der Waals surface area contributed by atoms with Crippen LogP contribution in [0.5, 0.6) is 0 Å². The molecule has 0 saturated carbocycles. The van der Waals surface area contributed by atoms with Gasteiger partial charge in [-0.2, -0.15) is 0 Å². The summed E-state index contributed by atoms with van der Waals surface area (Å²) < 4.78 is 6.15. The molecule has 1 aromatic heterocycles. The van der Waals surface area contributed by atoms with Gasteiger partial charge in [0.15, 0.2) is 5.69 Å². The van der Waals surface area contributed by atoms with Gasteiger partial charge in [-0.25, -0.2) is 9.48 Å². The molecule has 0 spiro atoms. The Labute approximate surface area is 103 Å². The number of benzene rings is 1. The minimum absolute atomic E-state index is 0.201. The van der Waals surface area contributed by atoms with Gasteiger partial charge in [0, 0.05) is 5.02 Å². The van der Waals surface area contributed by atoms with Crippen LogP contribution in [0.15, 0.2) is 24.3 Å². The fraction of sp³-hybridized carbons (Fsp3) is 0.182. The molecule has 2 aromatic rings. The SMILES string of the molecule is COC(=O)c1nnn(-c2cccc(Cl)c2)c1C. The molecule has 0 atom stereocenters. The average molecular weight is 252 g/mol. The van der Waals surface area contributed by atoms with E-state index in [4.69, 9.17) is 11.6 Å². The van der Waals surface area contributed by atoms with Crippen molar-refractivity contribution in [3.05, 3.63) is 40.7 Å². The van der Waals surface area contributed by atoms with Gasteiger partial charge in [-0.15, -0.1) is 5.10 Å². The first kappa shape index (κ1) is 11.6. The molecular weight excluding hydrogens is 242 g/mol. The highest BCUT2D eigenvalue weighted by molar-refractivity contribution is 6.30. The summed E-state index contributed by atoms with van der Waals surface area (Å²) in [6.07, 6.45) is 0. The zero-order valence-corrected chi connectivity index (χ0v) is 10.1. The topological polar surface area (TPSA) is 57.0 Å². The molecule has 17 heavy (non-hydrogen) atoms. The van der Waals surface area contributed by atoms with Crippen LogP contribution in [0.4, 0.5) is 0 Å². The number of esters is 1. The Hall–Kier alpha value is -1.88. The lowest BCUT2D eigenvalue weighted by atomic mass is 10.3. The molecule has 0 amide bonds. The number of aromatic nitrogens is 3. The van der Waals surface area contributed by atoms with Gasteiger partial charge in [0.2, 0.25) is 0 Å². The Kier molecular flexibility index (Phi) is 3.10. The van der Waals surface area contributed by atoms with Gasteiger partial charge in [-0.3, -0.25) is 0 Å². The number of hydrogen-bond donors (Lipinski definition) is 0. The van der Waals surface area contributed by atoms with Crippen molar-refractivity contribution in [2.45, 2.75) is 6.92 Å². The summed E-state index contributed by atoms with van der Waals surface area (Å²) >= 11 is 5.89. The third kappa shape index (κ3) is 2.14. The summed E-state index contributed by atoms with van der Waals surface area (Å²) in [7, 11) is 1.31. The molecule has 0 fully saturated rings. The number of rotatable bonds is 2. The number of ether oxygens (including phenoxy) is 1. The van der Waals surface area contributed by atoms with E-state index in [-0.39, 0.29) is 5.69 Å². The van der Waals surface area contributed by atoms with Gasteiger partial charge in [0.25, 0.3) is 0 Å². The minimum atomic E-state index is -0.504. The number of methoxy groups -OCH3 is 1. The van der Waals surface area contributed by atoms with Crippen LogP contribution in [0.3, 0.4) is 0 Å². The lowest BCUT2D eigenvalue weighted by Gasteiger charge is -2.03. The van der Waals surface area contributed by atoms with E-state index in [0.717, 1.165) is 5.69 Å². The highest BCUT2D eigenvalue weighted by Crippen LogP contribution is 2.16. The molecule has 1 aromatic carbocycles. The van der Waals surface area contributed by atoms with Crippen molar-refractivity contribution in [1.82, 2.24) is 15.0 Å². The molecule has 0 bridgehead atoms. The fourth-order valence-corrected chi connectivity index (χ4v) is 1.65. The molecule has 2 rings (SSSR count). The summed E-state index contributed by atoms with van der Waals surface area (Å²) in [5.74, 6) is -0.504. The molecule has 0 aliphatic heterocycles. The maximum atomic E-state index is 11.4. The van der Waals surface area contributed by atoms with E-state index < -0.39 is 5.97 Å². The second kappa shape index (κ2) is 4.55. The second-order valence-corrected chi connectivity index (χ2v) is 3.84. The third-order valence-corrected chi connectivity index (χ3v) is 2.56. The summed E-state index contributed by atoms with van der Waals surface area (Å²) in [5.41, 5.74) is 1.56. The Morgan fingerprint density at radius 1 is 1.47 bits per heavy atom. The van der Waals surface area contributed by atoms with E-state index in [1.807, 2.05) is 6.07 Å². The van der Waals surface area contributed by atoms with E-state index in [2.05, 4.69) is 15.0 Å². The molecule has 88 valence electrons. The Morgan fingerprint density at radius 3 is 2.88 bits per heavy atom. The van der Waals surface area contributed by atoms with Crippen molar-refractivity contribution >= 4 is 17.6 Å². The molecule has 0 aliphatic rings. The second-order valence-electron chi connectivity index (χ2n) is 3.41. The van der Waals surface area contributed by atoms with E-state index in [0.29, 0.717) is 10.7 Å². The summed E-state index contributed by atoms with van der Waals surface area (Å²) in [4.78, 5) is 11.4. The predicted molar refractivity (Wildman–Crippen MR) is 62.4 cm³/mol. The van der Waals surface area contributed by atoms with Crippen LogP contribution >= 0.6 is 11.6 Å². The average Bonchev–Trinajstić information content (AvgIpc) is 2.70. The zero-order valence-electron chi connectivity index (χ0n) is 9.35. The first-order valence-electron chi connectivity index (χ1n) is 4.90. The van der Waals surface area contributed by atoms with Crippen LogP contribution in [0, 0.1) is 6.92 Å². The molecule has 6 heteroatoms. The van der Waals surface area contributed by atoms with E-state index in [1.54, 1.807) is 25.1 Å². The van der Waals surface area contributed by atoms with Gasteiger partial charge >= 0.3 is 5.97 Å². The van der Waals surface area contributed by atoms with Crippen molar-refractivity contribution in [3.63, 3.8) is 0 Å². The van der Waals surface area contributed by atoms with Crippen LogP contribution in [0.25, 0.3) is 5.69 Å². The summed E-state index contributed by atoms with van der Waals surface area (Å²) in [6, 6.07) is 7.13. The van der Waals surface area contributed by atoms with Gasteiger partial charge in [0.1, 0.15) is 0 Å². The molecule has 0 aliphatic carbocycles. The standard InChI is InChI=1S/C11H10ClN3O2/c1-7-10(11(16)17-2)13-14-15(7)9-5-3-4-8(12)6-9/h3-6H,1-2H3. The van der Waals surface area contributed by atoms with Crippen molar-refractivity contribution in [2.75, 3.05) is 7.11 Å². The molecular formula is C11H10ClN3O2. The van der Waals surface area contributed by atoms with Gasteiger partial charge in [-0.1, -0.05) is 22.9 Å². The normalized spacial score (nSPS) is 10.3. The smallest absolute Gasteiger partial charge is 0.360 e. The van der Waals surface area contributed by atoms with Crippen LogP contribution in [0.1, 0.15) is 16.2 Å². The summed E-state index contributed by atoms with van der Waals surface area (Å²) in [6.45, 7) is 1.74. The molecule has 1 heterocycles. The van der Waals surface area contributed by atoms with E-state index in [9.17, 15) is 4.79 Å². The molecule has 0 N–H and O–H groups in total. The summed E-state index contributed by atoms with van der Waals surface area (Å²) in [5, 5.41) is 8.29. The largest absolute Gasteiger partial charge is 0.464 e. The van der Waals surface area contributed by atoms with Gasteiger partial charge in [-0.05, 0) is 25.1 Å². The Bertz CT molecular complexity index is 566. The highest BCUT2D eigenvalue weighted by Gasteiger charge is 2.17. The first-order valence-corrected chi connectivity index (χ1v) is 5.28. The molecule has 0 radical (unpaired) electrons. The van der Waals surface area contributed by atoms with Crippen LogP contribution < -0.4 is 0 Å². The maximum absolute atomic E-state index is 11.4. The monoisotopic (exact) mass is 251 g/mol. The van der Waals surface area contributed by atoms with Crippen LogP contribution in [-0.2, 0) is 4.74 Å². The lowest BCUT2D eigenvalue weighted by Crippen LogP contribution is -2.05. The number of nitrogens with zero attached hydrogens (tertiary/aromatic N) is 3. The molecule has 0 saturated heterocycles. The molecule has 5 nitrogen and oxygen atoms in total. The van der Waals surface area contributed by atoms with Gasteiger partial charge < -0.3 is 4.74 Å². The van der Waals surface area contributed by atoms with Crippen molar-refractivity contribution < 1.29 is 9.53 Å². The van der Waals surface area contributed by atoms with Crippen LogP contribution in [0.2, 0.25) is 5.02 Å². The number of carbonyl (C=O) groups excluding carboxylic acids is 1. The first-order chi connectivity index (χ1) is 8.13. The number of hydrogen-bond acceptors (Lipinski definition) is 4. The lowest BCUT2D eigenvalue weighted by molar-refractivity contribution is 0.0593. The minimum Gasteiger partial charge on any atom is -0.464 e. The molecule has 0 unspecified atom stereocenters. The fourth-order valence-electron chi connectivity index (χ4n) is 1.47. The Balaban J connectivity index is 2.48. The predicted octanol–water partition coefficient (Wildman–Crippen LogP) is 2.02. The van der Waals surface area contributed by atoms with E-state index >= 15 is 0 Å². The van der Waals surface area contributed by atoms with Crippen LogP contribution in [-0.4, -0.2) is 28.1 Å². The quantitative estimate of drug-likeness (QED) is 0.766. The van der Waals surface area contributed by atoms with Gasteiger partial charge in [0.05, 0.1) is 18.5 Å². The number of carbonyl (C=O) groups is 1.